The number of para-hydroxylation sites is 1. The van der Waals surface area contributed by atoms with E-state index in [0.29, 0.717) is 16.7 Å². The van der Waals surface area contributed by atoms with Crippen molar-refractivity contribution in [3.8, 4) is 0 Å². The van der Waals surface area contributed by atoms with E-state index in [0.717, 1.165) is 12.1 Å². The van der Waals surface area contributed by atoms with Crippen LogP contribution in [0, 0.1) is 0 Å². The molecule has 1 aromatic carbocycles. The molecule has 0 aromatic heterocycles. The number of hydrogen-bond acceptors (Lipinski definition) is 2. The highest BCUT2D eigenvalue weighted by Crippen LogP contribution is 2.20. The summed E-state index contributed by atoms with van der Waals surface area (Å²) in [4.78, 5) is 0. The van der Waals surface area contributed by atoms with Gasteiger partial charge in [-0.2, -0.15) is 0 Å². The van der Waals surface area contributed by atoms with Crippen LogP contribution in [0.25, 0.3) is 0 Å². The van der Waals surface area contributed by atoms with Crippen LogP contribution in [-0.4, -0.2) is 24.9 Å². The fourth-order valence-corrected chi connectivity index (χ4v) is 1.83. The fraction of sp³-hybridized carbons (Fsp3) is 0.417. The summed E-state index contributed by atoms with van der Waals surface area (Å²) < 4.78 is 5.09. The second kappa shape index (κ2) is 7.48. The van der Waals surface area contributed by atoms with Gasteiger partial charge in [0.1, 0.15) is 0 Å². The summed E-state index contributed by atoms with van der Waals surface area (Å²) in [5.74, 6) is 0. The SMILES string of the molecule is CCC(COC)NC(=S)Nc1ccccc1Cl. The zero-order chi connectivity index (χ0) is 12.7. The minimum absolute atomic E-state index is 0.211. The Hall–Kier alpha value is -0.840. The molecule has 17 heavy (non-hydrogen) atoms. The molecule has 0 bridgehead atoms. The largest absolute Gasteiger partial charge is 0.383 e. The monoisotopic (exact) mass is 272 g/mol. The average Bonchev–Trinajstić information content (AvgIpc) is 2.31. The van der Waals surface area contributed by atoms with Crippen LogP contribution in [0.4, 0.5) is 5.69 Å². The molecule has 1 rings (SSSR count). The number of thiocarbonyl (C=S) groups is 1. The van der Waals surface area contributed by atoms with Crippen LogP contribution >= 0.6 is 23.8 Å². The molecular formula is C12H17ClN2OS. The van der Waals surface area contributed by atoms with Gasteiger partial charge in [-0.05, 0) is 30.8 Å². The molecule has 3 nitrogen and oxygen atoms in total. The molecule has 0 aliphatic carbocycles. The van der Waals surface area contributed by atoms with Crippen LogP contribution in [0.15, 0.2) is 24.3 Å². The van der Waals surface area contributed by atoms with Gasteiger partial charge in [-0.1, -0.05) is 30.7 Å². The van der Waals surface area contributed by atoms with Crippen molar-refractivity contribution in [1.29, 1.82) is 0 Å². The maximum Gasteiger partial charge on any atom is 0.171 e. The summed E-state index contributed by atoms with van der Waals surface area (Å²) in [6, 6.07) is 7.70. The number of rotatable bonds is 5. The van der Waals surface area contributed by atoms with Gasteiger partial charge in [0.2, 0.25) is 0 Å². The highest BCUT2D eigenvalue weighted by atomic mass is 35.5. The highest BCUT2D eigenvalue weighted by Gasteiger charge is 2.08. The molecular weight excluding hydrogens is 256 g/mol. The summed E-state index contributed by atoms with van der Waals surface area (Å²) in [6.07, 6.45) is 0.943. The van der Waals surface area contributed by atoms with Crippen molar-refractivity contribution >= 4 is 34.6 Å². The van der Waals surface area contributed by atoms with Crippen molar-refractivity contribution in [2.45, 2.75) is 19.4 Å². The van der Waals surface area contributed by atoms with Crippen LogP contribution in [0.2, 0.25) is 5.02 Å². The third kappa shape index (κ3) is 4.89. The van der Waals surface area contributed by atoms with E-state index in [1.54, 1.807) is 7.11 Å². The van der Waals surface area contributed by atoms with E-state index < -0.39 is 0 Å². The molecule has 5 heteroatoms. The highest BCUT2D eigenvalue weighted by molar-refractivity contribution is 7.80. The lowest BCUT2D eigenvalue weighted by atomic mass is 10.2. The van der Waals surface area contributed by atoms with Crippen molar-refractivity contribution in [3.05, 3.63) is 29.3 Å². The van der Waals surface area contributed by atoms with E-state index in [4.69, 9.17) is 28.6 Å². The normalized spacial score (nSPS) is 11.9. The molecule has 0 aliphatic heterocycles. The van der Waals surface area contributed by atoms with Crippen LogP contribution in [0.3, 0.4) is 0 Å². The molecule has 1 unspecified atom stereocenters. The number of methoxy groups -OCH3 is 1. The molecule has 0 radical (unpaired) electrons. The minimum Gasteiger partial charge on any atom is -0.383 e. The predicted octanol–water partition coefficient (Wildman–Crippen LogP) is 3.05. The van der Waals surface area contributed by atoms with Crippen LogP contribution in [-0.2, 0) is 4.74 Å². The Morgan fingerprint density at radius 3 is 2.76 bits per heavy atom. The van der Waals surface area contributed by atoms with E-state index >= 15 is 0 Å². The van der Waals surface area contributed by atoms with Gasteiger partial charge in [-0.25, -0.2) is 0 Å². The lowest BCUT2D eigenvalue weighted by Crippen LogP contribution is -2.40. The Bertz CT molecular complexity index is 373. The van der Waals surface area contributed by atoms with Gasteiger partial charge < -0.3 is 15.4 Å². The lowest BCUT2D eigenvalue weighted by molar-refractivity contribution is 0.172. The van der Waals surface area contributed by atoms with Gasteiger partial charge in [-0.15, -0.1) is 0 Å². The Labute approximate surface area is 112 Å². The standard InChI is InChI=1S/C12H17ClN2OS/c1-3-9(8-16-2)14-12(17)15-11-7-5-4-6-10(11)13/h4-7,9H,3,8H2,1-2H3,(H2,14,15,17). The van der Waals surface area contributed by atoms with E-state index in [1.165, 1.54) is 0 Å². The third-order valence-electron chi connectivity index (χ3n) is 2.32. The smallest absolute Gasteiger partial charge is 0.171 e. The van der Waals surface area contributed by atoms with Crippen molar-refractivity contribution in [3.63, 3.8) is 0 Å². The maximum absolute atomic E-state index is 6.03. The van der Waals surface area contributed by atoms with E-state index in [1.807, 2.05) is 24.3 Å². The van der Waals surface area contributed by atoms with Crippen LogP contribution in [0.5, 0.6) is 0 Å². The molecule has 1 atom stereocenters. The summed E-state index contributed by atoms with van der Waals surface area (Å²) in [6.45, 7) is 2.70. The molecule has 0 fully saturated rings. The van der Waals surface area contributed by atoms with Gasteiger partial charge in [0.25, 0.3) is 0 Å². The Morgan fingerprint density at radius 1 is 1.47 bits per heavy atom. The minimum atomic E-state index is 0.211. The molecule has 0 saturated heterocycles. The number of nitrogens with one attached hydrogen (secondary N) is 2. The molecule has 0 spiro atoms. The summed E-state index contributed by atoms with van der Waals surface area (Å²) in [5, 5.41) is 7.45. The fourth-order valence-electron chi connectivity index (χ4n) is 1.37. The van der Waals surface area contributed by atoms with Crippen molar-refractivity contribution in [1.82, 2.24) is 5.32 Å². The van der Waals surface area contributed by atoms with Crippen LogP contribution in [0.1, 0.15) is 13.3 Å². The quantitative estimate of drug-likeness (QED) is 0.808. The van der Waals surface area contributed by atoms with Gasteiger partial charge in [0.05, 0.1) is 23.4 Å². The van der Waals surface area contributed by atoms with Gasteiger partial charge in [-0.3, -0.25) is 0 Å². The first-order valence-corrected chi connectivity index (χ1v) is 6.27. The van der Waals surface area contributed by atoms with E-state index in [9.17, 15) is 0 Å². The zero-order valence-electron chi connectivity index (χ0n) is 10.00. The Morgan fingerprint density at radius 2 is 2.18 bits per heavy atom. The van der Waals surface area contributed by atoms with Gasteiger partial charge in [0.15, 0.2) is 5.11 Å². The predicted molar refractivity (Wildman–Crippen MR) is 76.8 cm³/mol. The second-order valence-electron chi connectivity index (χ2n) is 3.64. The summed E-state index contributed by atoms with van der Waals surface area (Å²) >= 11 is 11.2. The topological polar surface area (TPSA) is 33.3 Å². The Balaban J connectivity index is 2.52. The molecule has 2 N–H and O–H groups in total. The van der Waals surface area contributed by atoms with Crippen molar-refractivity contribution in [2.24, 2.45) is 0 Å². The van der Waals surface area contributed by atoms with Crippen LogP contribution < -0.4 is 10.6 Å². The lowest BCUT2D eigenvalue weighted by Gasteiger charge is -2.19. The third-order valence-corrected chi connectivity index (χ3v) is 2.87. The van der Waals surface area contributed by atoms with E-state index in [2.05, 4.69) is 17.6 Å². The zero-order valence-corrected chi connectivity index (χ0v) is 11.6. The van der Waals surface area contributed by atoms with Gasteiger partial charge >= 0.3 is 0 Å². The first-order valence-electron chi connectivity index (χ1n) is 5.48. The second-order valence-corrected chi connectivity index (χ2v) is 4.45. The first-order chi connectivity index (χ1) is 8.17. The molecule has 0 amide bonds. The Kier molecular flexibility index (Phi) is 6.26. The maximum atomic E-state index is 6.03. The molecule has 0 saturated carbocycles. The molecule has 0 aliphatic rings. The molecule has 94 valence electrons. The van der Waals surface area contributed by atoms with Crippen molar-refractivity contribution in [2.75, 3.05) is 19.0 Å². The number of benzene rings is 1. The van der Waals surface area contributed by atoms with Crippen molar-refractivity contribution < 1.29 is 4.74 Å². The molecule has 0 heterocycles. The first kappa shape index (κ1) is 14.2. The molecule has 1 aromatic rings. The van der Waals surface area contributed by atoms with Gasteiger partial charge in [0, 0.05) is 7.11 Å². The number of hydrogen-bond donors (Lipinski definition) is 2. The number of halogens is 1. The number of ether oxygens (including phenoxy) is 1. The number of anilines is 1. The summed E-state index contributed by atoms with van der Waals surface area (Å²) in [7, 11) is 1.68. The van der Waals surface area contributed by atoms with E-state index in [-0.39, 0.29) is 6.04 Å². The summed E-state index contributed by atoms with van der Waals surface area (Å²) in [5.41, 5.74) is 0.805. The average molecular weight is 273 g/mol.